The molecule has 86 valence electrons. The summed E-state index contributed by atoms with van der Waals surface area (Å²) in [6.07, 6.45) is 3.71. The molecule has 0 bridgehead atoms. The van der Waals surface area contributed by atoms with E-state index >= 15 is 0 Å². The Morgan fingerprint density at radius 2 is 2.20 bits per heavy atom. The third kappa shape index (κ3) is 6.28. The van der Waals surface area contributed by atoms with E-state index in [-0.39, 0.29) is 0 Å². The number of nitrogens with one attached hydrogen (secondary N) is 1. The monoisotopic (exact) mass is 212 g/mol. The Balaban J connectivity index is 1.81. The second-order valence-electron chi connectivity index (χ2n) is 3.38. The average molecular weight is 212 g/mol. The van der Waals surface area contributed by atoms with Crippen molar-refractivity contribution in [1.29, 1.82) is 0 Å². The van der Waals surface area contributed by atoms with Crippen molar-refractivity contribution in [3.8, 4) is 0 Å². The third-order valence-electron chi connectivity index (χ3n) is 2.02. The van der Waals surface area contributed by atoms with Crippen LogP contribution in [-0.4, -0.2) is 26.2 Å². The van der Waals surface area contributed by atoms with Gasteiger partial charge in [-0.3, -0.25) is 0 Å². The molecule has 0 radical (unpaired) electrons. The fraction of sp³-hybridized carbons (Fsp3) is 0.636. The maximum atomic E-state index is 5.43. The summed E-state index contributed by atoms with van der Waals surface area (Å²) in [5.74, 6) is 0.881. The molecule has 15 heavy (non-hydrogen) atoms. The molecule has 0 saturated carbocycles. The second-order valence-corrected chi connectivity index (χ2v) is 3.38. The summed E-state index contributed by atoms with van der Waals surface area (Å²) in [7, 11) is 0. The summed E-state index contributed by atoms with van der Waals surface area (Å²) in [4.78, 5) is 0. The molecule has 0 aliphatic carbocycles. The van der Waals surface area contributed by atoms with Gasteiger partial charge in [-0.05, 0) is 44.6 Å². The topological polar surface area (TPSA) is 60.4 Å². The van der Waals surface area contributed by atoms with Crippen LogP contribution >= 0.6 is 0 Å². The molecule has 1 aromatic rings. The maximum absolute atomic E-state index is 5.43. The van der Waals surface area contributed by atoms with Gasteiger partial charge in [-0.25, -0.2) is 0 Å². The second kappa shape index (κ2) is 8.47. The first kappa shape index (κ1) is 12.2. The standard InChI is InChI=1S/C11H20N2O2/c12-5-2-6-13-7-3-8-14-10-11-4-1-9-15-11/h1,4,9,13H,2-3,5-8,10,12H2. The highest BCUT2D eigenvalue weighted by Crippen LogP contribution is 2.01. The van der Waals surface area contributed by atoms with E-state index in [1.165, 1.54) is 0 Å². The first-order valence-electron chi connectivity index (χ1n) is 5.44. The van der Waals surface area contributed by atoms with E-state index in [4.69, 9.17) is 14.9 Å². The molecule has 1 aromatic heterocycles. The van der Waals surface area contributed by atoms with Gasteiger partial charge in [0, 0.05) is 6.61 Å². The van der Waals surface area contributed by atoms with Crippen LogP contribution in [0.15, 0.2) is 22.8 Å². The van der Waals surface area contributed by atoms with Crippen LogP contribution in [0.2, 0.25) is 0 Å². The number of ether oxygens (including phenoxy) is 1. The Labute approximate surface area is 90.8 Å². The van der Waals surface area contributed by atoms with Crippen molar-refractivity contribution in [2.24, 2.45) is 5.73 Å². The summed E-state index contributed by atoms with van der Waals surface area (Å²) in [5, 5.41) is 3.30. The highest BCUT2D eigenvalue weighted by molar-refractivity contribution is 4.95. The van der Waals surface area contributed by atoms with Crippen molar-refractivity contribution >= 4 is 0 Å². The Morgan fingerprint density at radius 1 is 1.33 bits per heavy atom. The van der Waals surface area contributed by atoms with Gasteiger partial charge < -0.3 is 20.2 Å². The van der Waals surface area contributed by atoms with Crippen molar-refractivity contribution < 1.29 is 9.15 Å². The van der Waals surface area contributed by atoms with Crippen LogP contribution in [0.1, 0.15) is 18.6 Å². The lowest BCUT2D eigenvalue weighted by atomic mass is 10.4. The molecule has 0 saturated heterocycles. The molecule has 0 amide bonds. The first-order valence-corrected chi connectivity index (χ1v) is 5.44. The molecule has 0 fully saturated rings. The van der Waals surface area contributed by atoms with Gasteiger partial charge in [-0.15, -0.1) is 0 Å². The maximum Gasteiger partial charge on any atom is 0.129 e. The molecule has 0 unspecified atom stereocenters. The molecule has 0 atom stereocenters. The van der Waals surface area contributed by atoms with Gasteiger partial charge in [0.15, 0.2) is 0 Å². The highest BCUT2D eigenvalue weighted by Gasteiger charge is 1.94. The van der Waals surface area contributed by atoms with Crippen molar-refractivity contribution in [2.75, 3.05) is 26.2 Å². The third-order valence-corrected chi connectivity index (χ3v) is 2.02. The van der Waals surface area contributed by atoms with Crippen LogP contribution in [0.25, 0.3) is 0 Å². The molecule has 0 aliphatic heterocycles. The smallest absolute Gasteiger partial charge is 0.129 e. The van der Waals surface area contributed by atoms with Gasteiger partial charge >= 0.3 is 0 Å². The zero-order valence-corrected chi connectivity index (χ0v) is 9.08. The van der Waals surface area contributed by atoms with Gasteiger partial charge in [-0.1, -0.05) is 0 Å². The molecule has 0 aliphatic rings. The lowest BCUT2D eigenvalue weighted by molar-refractivity contribution is 0.104. The Morgan fingerprint density at radius 3 is 2.93 bits per heavy atom. The summed E-state index contributed by atoms with van der Waals surface area (Å²) >= 11 is 0. The Kier molecular flexibility index (Phi) is 6.90. The quantitative estimate of drug-likeness (QED) is 0.602. The number of furan rings is 1. The predicted molar refractivity (Wildman–Crippen MR) is 59.5 cm³/mol. The van der Waals surface area contributed by atoms with Crippen molar-refractivity contribution in [2.45, 2.75) is 19.4 Å². The highest BCUT2D eigenvalue weighted by atomic mass is 16.5. The zero-order valence-electron chi connectivity index (χ0n) is 9.08. The number of hydrogen-bond acceptors (Lipinski definition) is 4. The Bertz CT molecular complexity index is 225. The van der Waals surface area contributed by atoms with E-state index in [1.54, 1.807) is 6.26 Å². The number of hydrogen-bond donors (Lipinski definition) is 2. The fourth-order valence-corrected chi connectivity index (χ4v) is 1.22. The molecule has 0 aromatic carbocycles. The van der Waals surface area contributed by atoms with Crippen molar-refractivity contribution in [1.82, 2.24) is 5.32 Å². The first-order chi connectivity index (χ1) is 7.43. The summed E-state index contributed by atoms with van der Waals surface area (Å²) in [6, 6.07) is 3.78. The van der Waals surface area contributed by atoms with Crippen LogP contribution in [0.5, 0.6) is 0 Å². The van der Waals surface area contributed by atoms with Gasteiger partial charge in [0.05, 0.1) is 6.26 Å². The average Bonchev–Trinajstić information content (AvgIpc) is 2.75. The summed E-state index contributed by atoms with van der Waals surface area (Å²) < 4.78 is 10.6. The molecule has 4 nitrogen and oxygen atoms in total. The largest absolute Gasteiger partial charge is 0.467 e. The minimum absolute atomic E-state index is 0.565. The van der Waals surface area contributed by atoms with Gasteiger partial charge in [0.2, 0.25) is 0 Å². The van der Waals surface area contributed by atoms with Crippen molar-refractivity contribution in [3.63, 3.8) is 0 Å². The summed E-state index contributed by atoms with van der Waals surface area (Å²) in [6.45, 7) is 4.06. The number of nitrogens with two attached hydrogens (primary N) is 1. The van der Waals surface area contributed by atoms with E-state index in [0.717, 1.165) is 44.8 Å². The Hall–Kier alpha value is -0.840. The molecule has 3 N–H and O–H groups in total. The zero-order chi connectivity index (χ0) is 10.8. The predicted octanol–water partition coefficient (Wildman–Crippen LogP) is 1.12. The lowest BCUT2D eigenvalue weighted by Crippen LogP contribution is -2.20. The van der Waals surface area contributed by atoms with Crippen LogP contribution in [0, 0.1) is 0 Å². The molecule has 0 spiro atoms. The van der Waals surface area contributed by atoms with E-state index in [0.29, 0.717) is 6.61 Å². The van der Waals surface area contributed by atoms with Crippen LogP contribution in [-0.2, 0) is 11.3 Å². The lowest BCUT2D eigenvalue weighted by Gasteiger charge is -2.04. The molecular formula is C11H20N2O2. The summed E-state index contributed by atoms with van der Waals surface area (Å²) in [5.41, 5.74) is 5.37. The normalized spacial score (nSPS) is 10.7. The van der Waals surface area contributed by atoms with E-state index < -0.39 is 0 Å². The SMILES string of the molecule is NCCCNCCCOCc1ccco1. The van der Waals surface area contributed by atoms with Crippen molar-refractivity contribution in [3.05, 3.63) is 24.2 Å². The minimum Gasteiger partial charge on any atom is -0.467 e. The van der Waals surface area contributed by atoms with Gasteiger partial charge in [0.25, 0.3) is 0 Å². The van der Waals surface area contributed by atoms with Crippen LogP contribution < -0.4 is 11.1 Å². The van der Waals surface area contributed by atoms with Crippen LogP contribution in [0.3, 0.4) is 0 Å². The molecular weight excluding hydrogens is 192 g/mol. The van der Waals surface area contributed by atoms with E-state index in [2.05, 4.69) is 5.32 Å². The van der Waals surface area contributed by atoms with Gasteiger partial charge in [-0.2, -0.15) is 0 Å². The molecule has 4 heteroatoms. The van der Waals surface area contributed by atoms with E-state index in [1.807, 2.05) is 12.1 Å². The molecule has 1 rings (SSSR count). The number of rotatable bonds is 9. The van der Waals surface area contributed by atoms with Crippen LogP contribution in [0.4, 0.5) is 0 Å². The minimum atomic E-state index is 0.565. The fourth-order valence-electron chi connectivity index (χ4n) is 1.22. The van der Waals surface area contributed by atoms with E-state index in [9.17, 15) is 0 Å². The van der Waals surface area contributed by atoms with Gasteiger partial charge in [0.1, 0.15) is 12.4 Å². The molecule has 1 heterocycles.